The van der Waals surface area contributed by atoms with Gasteiger partial charge in [0.15, 0.2) is 17.0 Å². The van der Waals surface area contributed by atoms with E-state index in [1.807, 2.05) is 31.2 Å². The van der Waals surface area contributed by atoms with Crippen molar-refractivity contribution in [1.29, 1.82) is 0 Å². The minimum absolute atomic E-state index is 0.154. The molecule has 0 spiro atoms. The van der Waals surface area contributed by atoms with Gasteiger partial charge in [0.2, 0.25) is 5.95 Å². The highest BCUT2D eigenvalue weighted by Crippen LogP contribution is 2.24. The van der Waals surface area contributed by atoms with Crippen molar-refractivity contribution in [2.75, 3.05) is 23.5 Å². The number of halogens is 1. The van der Waals surface area contributed by atoms with Crippen molar-refractivity contribution in [2.24, 2.45) is 0 Å². The molecule has 0 radical (unpaired) electrons. The molecule has 0 aliphatic rings. The van der Waals surface area contributed by atoms with E-state index in [1.54, 1.807) is 4.90 Å². The predicted octanol–water partition coefficient (Wildman–Crippen LogP) is 2.42. The van der Waals surface area contributed by atoms with Crippen LogP contribution in [-0.2, 0) is 0 Å². The molecule has 0 saturated heterocycles. The number of aliphatic hydroxyl groups excluding tert-OH is 1. The van der Waals surface area contributed by atoms with Crippen molar-refractivity contribution < 1.29 is 5.11 Å². The number of hydrogen-bond donors (Lipinski definition) is 3. The lowest BCUT2D eigenvalue weighted by atomic mass is 10.3. The molecule has 9 heteroatoms. The molecule has 3 aromatic rings. The number of rotatable bonds is 6. The monoisotopic (exact) mass is 377 g/mol. The van der Waals surface area contributed by atoms with E-state index in [0.29, 0.717) is 29.5 Å². The number of fused-ring (bicyclic) bond motifs is 1. The van der Waals surface area contributed by atoms with Gasteiger partial charge < -0.3 is 15.3 Å². The van der Waals surface area contributed by atoms with Crippen molar-refractivity contribution in [3.63, 3.8) is 0 Å². The molecule has 23 heavy (non-hydrogen) atoms. The topological polar surface area (TPSA) is 103 Å². The second-order valence-corrected chi connectivity index (χ2v) is 5.83. The quantitative estimate of drug-likeness (QED) is 0.566. The molecule has 3 rings (SSSR count). The summed E-state index contributed by atoms with van der Waals surface area (Å²) in [5.74, 6) is 0.961. The molecule has 1 aromatic carbocycles. The van der Waals surface area contributed by atoms with E-state index in [0.717, 1.165) is 16.6 Å². The second-order valence-electron chi connectivity index (χ2n) is 4.92. The maximum atomic E-state index is 9.52. The molecule has 2 heterocycles. The summed E-state index contributed by atoms with van der Waals surface area (Å²) in [6.45, 7) is 2.53. The van der Waals surface area contributed by atoms with E-state index >= 15 is 0 Å². The third kappa shape index (κ3) is 3.40. The zero-order valence-corrected chi connectivity index (χ0v) is 14.1. The zero-order valence-electron chi connectivity index (χ0n) is 12.5. The van der Waals surface area contributed by atoms with Crippen LogP contribution in [0.4, 0.5) is 17.5 Å². The molecule has 0 aliphatic heterocycles. The van der Waals surface area contributed by atoms with Crippen molar-refractivity contribution in [2.45, 2.75) is 13.3 Å². The zero-order chi connectivity index (χ0) is 16.2. The van der Waals surface area contributed by atoms with Gasteiger partial charge in [-0.3, -0.25) is 0 Å². The van der Waals surface area contributed by atoms with Crippen LogP contribution in [0.15, 0.2) is 28.7 Å². The summed E-state index contributed by atoms with van der Waals surface area (Å²) in [6.07, 6.45) is 0.874. The molecular weight excluding hydrogens is 362 g/mol. The van der Waals surface area contributed by atoms with Gasteiger partial charge in [0.05, 0.1) is 0 Å². The fourth-order valence-corrected chi connectivity index (χ4v) is 2.40. The summed E-state index contributed by atoms with van der Waals surface area (Å²) in [5, 5.41) is 23.3. The number of aromatic nitrogens is 5. The summed E-state index contributed by atoms with van der Waals surface area (Å²) >= 11 is 3.41. The van der Waals surface area contributed by atoms with E-state index in [9.17, 15) is 5.11 Å². The second kappa shape index (κ2) is 6.88. The van der Waals surface area contributed by atoms with Gasteiger partial charge in [-0.05, 0) is 30.7 Å². The molecule has 2 aromatic heterocycles. The third-order valence-corrected chi connectivity index (χ3v) is 3.76. The average molecular weight is 378 g/mol. The van der Waals surface area contributed by atoms with Crippen molar-refractivity contribution >= 4 is 44.5 Å². The first-order valence-electron chi connectivity index (χ1n) is 7.18. The van der Waals surface area contributed by atoms with Gasteiger partial charge in [0.1, 0.15) is 6.73 Å². The molecule has 0 aliphatic carbocycles. The molecule has 0 amide bonds. The maximum Gasteiger partial charge on any atom is 0.231 e. The first-order valence-corrected chi connectivity index (χ1v) is 7.97. The third-order valence-electron chi connectivity index (χ3n) is 3.23. The molecule has 0 fully saturated rings. The number of nitrogens with zero attached hydrogens (tertiary/aromatic N) is 5. The molecule has 0 atom stereocenters. The number of hydrogen-bond acceptors (Lipinski definition) is 7. The van der Waals surface area contributed by atoms with E-state index in [2.05, 4.69) is 46.6 Å². The summed E-state index contributed by atoms with van der Waals surface area (Å²) in [5.41, 5.74) is 1.93. The van der Waals surface area contributed by atoms with Crippen LogP contribution in [0.25, 0.3) is 11.2 Å². The Hall–Kier alpha value is -2.26. The van der Waals surface area contributed by atoms with Crippen LogP contribution >= 0.6 is 15.9 Å². The minimum atomic E-state index is -0.154. The smallest absolute Gasteiger partial charge is 0.231 e. The van der Waals surface area contributed by atoms with Crippen LogP contribution in [0.5, 0.6) is 0 Å². The van der Waals surface area contributed by atoms with E-state index in [1.165, 1.54) is 0 Å². The highest BCUT2D eigenvalue weighted by molar-refractivity contribution is 9.10. The average Bonchev–Trinajstić information content (AvgIpc) is 3.03. The van der Waals surface area contributed by atoms with Gasteiger partial charge in [-0.1, -0.05) is 28.1 Å². The highest BCUT2D eigenvalue weighted by Gasteiger charge is 2.15. The lowest BCUT2D eigenvalue weighted by Crippen LogP contribution is -2.27. The van der Waals surface area contributed by atoms with Gasteiger partial charge >= 0.3 is 0 Å². The number of aromatic amines is 1. The molecule has 0 unspecified atom stereocenters. The maximum absolute atomic E-state index is 9.52. The SMILES string of the molecule is CCCN(CO)c1nc(Nc2ccc(Br)cc2)c2nn[nH]c2n1. The van der Waals surface area contributed by atoms with Crippen LogP contribution in [0, 0.1) is 0 Å². The Balaban J connectivity index is 2.00. The number of anilines is 3. The Morgan fingerprint density at radius 2 is 2.04 bits per heavy atom. The van der Waals surface area contributed by atoms with Crippen molar-refractivity contribution in [3.05, 3.63) is 28.7 Å². The summed E-state index contributed by atoms with van der Waals surface area (Å²) in [6, 6.07) is 7.71. The Morgan fingerprint density at radius 3 is 2.74 bits per heavy atom. The standard InChI is InChI=1S/C14H16BrN7O/c1-2-7-22(8-23)14-17-12(11-13(18-14)20-21-19-11)16-10-5-3-9(15)4-6-10/h3-6,23H,2,7-8H2,1H3,(H2,16,17,18,19,20,21). The minimum Gasteiger partial charge on any atom is -0.376 e. The van der Waals surface area contributed by atoms with Crippen molar-refractivity contribution in [1.82, 2.24) is 25.4 Å². The Bertz CT molecular complexity index is 789. The molecule has 0 bridgehead atoms. The first-order chi connectivity index (χ1) is 11.2. The van der Waals surface area contributed by atoms with E-state index < -0.39 is 0 Å². The number of aliphatic hydroxyl groups is 1. The van der Waals surface area contributed by atoms with Gasteiger partial charge in [0.25, 0.3) is 0 Å². The van der Waals surface area contributed by atoms with Gasteiger partial charge in [-0.15, -0.1) is 5.10 Å². The first kappa shape index (κ1) is 15.6. The van der Waals surface area contributed by atoms with Gasteiger partial charge in [-0.2, -0.15) is 9.97 Å². The summed E-state index contributed by atoms with van der Waals surface area (Å²) < 4.78 is 0.993. The van der Waals surface area contributed by atoms with Crippen LogP contribution in [0.3, 0.4) is 0 Å². The molecule has 0 saturated carbocycles. The molecule has 120 valence electrons. The van der Waals surface area contributed by atoms with E-state index in [4.69, 9.17) is 0 Å². The Morgan fingerprint density at radius 1 is 1.26 bits per heavy atom. The number of H-pyrrole nitrogens is 1. The molecular formula is C14H16BrN7O. The Kier molecular flexibility index (Phi) is 4.68. The highest BCUT2D eigenvalue weighted by atomic mass is 79.9. The fourth-order valence-electron chi connectivity index (χ4n) is 2.14. The van der Waals surface area contributed by atoms with Crippen LogP contribution in [0.1, 0.15) is 13.3 Å². The summed E-state index contributed by atoms with van der Waals surface area (Å²) in [4.78, 5) is 10.5. The van der Waals surface area contributed by atoms with Gasteiger partial charge in [0, 0.05) is 16.7 Å². The lowest BCUT2D eigenvalue weighted by Gasteiger charge is -2.19. The number of nitrogens with one attached hydrogen (secondary N) is 2. The Labute approximate surface area is 141 Å². The number of benzene rings is 1. The van der Waals surface area contributed by atoms with Crippen LogP contribution in [-0.4, -0.2) is 43.8 Å². The van der Waals surface area contributed by atoms with Crippen molar-refractivity contribution in [3.8, 4) is 0 Å². The normalized spacial score (nSPS) is 10.9. The van der Waals surface area contributed by atoms with Gasteiger partial charge in [-0.25, -0.2) is 5.10 Å². The summed E-state index contributed by atoms with van der Waals surface area (Å²) in [7, 11) is 0. The molecule has 8 nitrogen and oxygen atoms in total. The predicted molar refractivity (Wildman–Crippen MR) is 91.6 cm³/mol. The largest absolute Gasteiger partial charge is 0.376 e. The van der Waals surface area contributed by atoms with E-state index in [-0.39, 0.29) is 6.73 Å². The molecule has 3 N–H and O–H groups in total. The van der Waals surface area contributed by atoms with Crippen LogP contribution < -0.4 is 10.2 Å². The lowest BCUT2D eigenvalue weighted by molar-refractivity contribution is 0.288. The van der Waals surface area contributed by atoms with Crippen LogP contribution in [0.2, 0.25) is 0 Å². The fraction of sp³-hybridized carbons (Fsp3) is 0.286.